The first-order chi connectivity index (χ1) is 9.65. The minimum Gasteiger partial charge on any atom is -0.271 e. The number of hydrogen-bond acceptors (Lipinski definition) is 2. The third-order valence-corrected chi connectivity index (χ3v) is 3.67. The molecule has 0 fully saturated rings. The molecule has 0 aliphatic rings. The zero-order valence-corrected chi connectivity index (χ0v) is 12.0. The molecule has 0 aliphatic heterocycles. The highest BCUT2D eigenvalue weighted by molar-refractivity contribution is 5.30. The number of aryl methyl sites for hydroxylation is 2. The molecular weight excluding hydrogens is 251 g/mol. The second kappa shape index (κ2) is 6.64. The van der Waals surface area contributed by atoms with E-state index in [-0.39, 0.29) is 11.9 Å². The number of rotatable bonds is 5. The Morgan fingerprint density at radius 1 is 1.10 bits per heavy atom. The normalized spacial score (nSPS) is 12.4. The molecule has 1 unspecified atom stereocenters. The van der Waals surface area contributed by atoms with Gasteiger partial charge in [0.1, 0.15) is 5.82 Å². The fourth-order valence-corrected chi connectivity index (χ4v) is 2.34. The van der Waals surface area contributed by atoms with Gasteiger partial charge in [-0.1, -0.05) is 49.4 Å². The first kappa shape index (κ1) is 14.7. The van der Waals surface area contributed by atoms with Gasteiger partial charge in [-0.2, -0.15) is 0 Å². The predicted molar refractivity (Wildman–Crippen MR) is 80.7 cm³/mol. The van der Waals surface area contributed by atoms with Crippen LogP contribution in [0.3, 0.4) is 0 Å². The van der Waals surface area contributed by atoms with Crippen LogP contribution in [0.1, 0.15) is 35.2 Å². The minimum absolute atomic E-state index is 0.180. The van der Waals surface area contributed by atoms with Crippen molar-refractivity contribution in [1.82, 2.24) is 5.43 Å². The van der Waals surface area contributed by atoms with Crippen molar-refractivity contribution in [2.45, 2.75) is 32.7 Å². The second-order valence-corrected chi connectivity index (χ2v) is 5.07. The molecule has 3 heteroatoms. The van der Waals surface area contributed by atoms with Crippen molar-refractivity contribution in [3.8, 4) is 0 Å². The first-order valence-corrected chi connectivity index (χ1v) is 6.94. The molecular formula is C17H21FN2. The second-order valence-electron chi connectivity index (χ2n) is 5.07. The molecule has 106 valence electrons. The van der Waals surface area contributed by atoms with Gasteiger partial charge in [0.2, 0.25) is 0 Å². The van der Waals surface area contributed by atoms with Gasteiger partial charge >= 0.3 is 0 Å². The van der Waals surface area contributed by atoms with E-state index in [4.69, 9.17) is 5.84 Å². The van der Waals surface area contributed by atoms with E-state index in [1.807, 2.05) is 6.07 Å². The van der Waals surface area contributed by atoms with Crippen molar-refractivity contribution in [3.63, 3.8) is 0 Å². The average molecular weight is 272 g/mol. The summed E-state index contributed by atoms with van der Waals surface area (Å²) in [5.41, 5.74) is 6.43. The number of benzene rings is 2. The third kappa shape index (κ3) is 3.24. The summed E-state index contributed by atoms with van der Waals surface area (Å²) < 4.78 is 14.2. The lowest BCUT2D eigenvalue weighted by Crippen LogP contribution is -2.30. The van der Waals surface area contributed by atoms with Gasteiger partial charge in [-0.3, -0.25) is 11.3 Å². The number of nitrogens with one attached hydrogen (secondary N) is 1. The summed E-state index contributed by atoms with van der Waals surface area (Å²) in [7, 11) is 0. The summed E-state index contributed by atoms with van der Waals surface area (Å²) in [5, 5.41) is 0. The molecule has 2 aromatic carbocycles. The molecule has 0 radical (unpaired) electrons. The van der Waals surface area contributed by atoms with Crippen molar-refractivity contribution in [3.05, 3.63) is 70.5 Å². The molecule has 2 aromatic rings. The van der Waals surface area contributed by atoms with Gasteiger partial charge in [0.25, 0.3) is 0 Å². The van der Waals surface area contributed by atoms with Crippen molar-refractivity contribution in [2.75, 3.05) is 0 Å². The minimum atomic E-state index is -0.220. The molecule has 0 amide bonds. The Labute approximate surface area is 119 Å². The van der Waals surface area contributed by atoms with Crippen LogP contribution in [0.5, 0.6) is 0 Å². The molecule has 0 saturated carbocycles. The average Bonchev–Trinajstić information content (AvgIpc) is 2.48. The standard InChI is InChI=1S/C17H21FN2/c1-3-13-7-9-14(10-8-13)11-16(20-19)15-6-4-5-12(2)17(15)18/h4-10,16,20H,3,11,19H2,1-2H3. The zero-order chi connectivity index (χ0) is 14.5. The van der Waals surface area contributed by atoms with Crippen LogP contribution >= 0.6 is 0 Å². The van der Waals surface area contributed by atoms with Crippen LogP contribution in [-0.2, 0) is 12.8 Å². The summed E-state index contributed by atoms with van der Waals surface area (Å²) in [5.74, 6) is 5.43. The lowest BCUT2D eigenvalue weighted by molar-refractivity contribution is 0.507. The Morgan fingerprint density at radius 2 is 1.75 bits per heavy atom. The summed E-state index contributed by atoms with van der Waals surface area (Å²) in [6, 6.07) is 13.6. The number of hydrazine groups is 1. The summed E-state index contributed by atoms with van der Waals surface area (Å²) >= 11 is 0. The van der Waals surface area contributed by atoms with Crippen LogP contribution in [0.4, 0.5) is 4.39 Å². The van der Waals surface area contributed by atoms with E-state index >= 15 is 0 Å². The Kier molecular flexibility index (Phi) is 4.88. The highest BCUT2D eigenvalue weighted by atomic mass is 19.1. The van der Waals surface area contributed by atoms with Crippen molar-refractivity contribution in [2.24, 2.45) is 5.84 Å². The summed E-state index contributed by atoms with van der Waals surface area (Å²) in [4.78, 5) is 0. The van der Waals surface area contributed by atoms with Crippen LogP contribution in [0.25, 0.3) is 0 Å². The van der Waals surface area contributed by atoms with Gasteiger partial charge < -0.3 is 0 Å². The summed E-state index contributed by atoms with van der Waals surface area (Å²) in [6.07, 6.45) is 1.69. The monoisotopic (exact) mass is 272 g/mol. The number of nitrogens with two attached hydrogens (primary N) is 1. The fourth-order valence-electron chi connectivity index (χ4n) is 2.34. The highest BCUT2D eigenvalue weighted by Crippen LogP contribution is 2.22. The quantitative estimate of drug-likeness (QED) is 0.646. The molecule has 2 nitrogen and oxygen atoms in total. The SMILES string of the molecule is CCc1ccc(CC(NN)c2cccc(C)c2F)cc1. The maximum atomic E-state index is 14.2. The molecule has 0 heterocycles. The predicted octanol–water partition coefficient (Wildman–Crippen LogP) is 3.44. The number of hydrogen-bond donors (Lipinski definition) is 2. The van der Waals surface area contributed by atoms with Crippen LogP contribution in [0.15, 0.2) is 42.5 Å². The van der Waals surface area contributed by atoms with E-state index in [1.54, 1.807) is 19.1 Å². The molecule has 0 spiro atoms. The molecule has 1 atom stereocenters. The molecule has 0 aromatic heterocycles. The van der Waals surface area contributed by atoms with Crippen LogP contribution in [0.2, 0.25) is 0 Å². The van der Waals surface area contributed by atoms with E-state index < -0.39 is 0 Å². The van der Waals surface area contributed by atoms with Gasteiger partial charge in [0.15, 0.2) is 0 Å². The molecule has 0 aliphatic carbocycles. The Hall–Kier alpha value is -1.71. The Bertz CT molecular complexity index is 564. The maximum Gasteiger partial charge on any atom is 0.130 e. The van der Waals surface area contributed by atoms with Gasteiger partial charge in [0, 0.05) is 5.56 Å². The van der Waals surface area contributed by atoms with Crippen LogP contribution in [-0.4, -0.2) is 0 Å². The zero-order valence-electron chi connectivity index (χ0n) is 12.0. The lowest BCUT2D eigenvalue weighted by Gasteiger charge is -2.18. The van der Waals surface area contributed by atoms with E-state index in [0.717, 1.165) is 12.0 Å². The highest BCUT2D eigenvalue weighted by Gasteiger charge is 2.16. The summed E-state index contributed by atoms with van der Waals surface area (Å²) in [6.45, 7) is 3.89. The molecule has 3 N–H and O–H groups in total. The van der Waals surface area contributed by atoms with Gasteiger partial charge in [0.05, 0.1) is 6.04 Å². The largest absolute Gasteiger partial charge is 0.271 e. The Morgan fingerprint density at radius 3 is 2.35 bits per heavy atom. The number of halogens is 1. The third-order valence-electron chi connectivity index (χ3n) is 3.67. The fraction of sp³-hybridized carbons (Fsp3) is 0.294. The van der Waals surface area contributed by atoms with Gasteiger partial charge in [-0.25, -0.2) is 4.39 Å². The van der Waals surface area contributed by atoms with Crippen LogP contribution in [0, 0.1) is 12.7 Å². The van der Waals surface area contributed by atoms with E-state index in [9.17, 15) is 4.39 Å². The van der Waals surface area contributed by atoms with E-state index in [2.05, 4.69) is 36.6 Å². The molecule has 0 bridgehead atoms. The van der Waals surface area contributed by atoms with Crippen molar-refractivity contribution in [1.29, 1.82) is 0 Å². The smallest absolute Gasteiger partial charge is 0.130 e. The maximum absolute atomic E-state index is 14.2. The topological polar surface area (TPSA) is 38.0 Å². The van der Waals surface area contributed by atoms with E-state index in [0.29, 0.717) is 17.5 Å². The lowest BCUT2D eigenvalue weighted by atomic mass is 9.96. The molecule has 2 rings (SSSR count). The molecule has 0 saturated heterocycles. The Balaban J connectivity index is 2.21. The van der Waals surface area contributed by atoms with Gasteiger partial charge in [-0.15, -0.1) is 0 Å². The first-order valence-electron chi connectivity index (χ1n) is 6.94. The van der Waals surface area contributed by atoms with Gasteiger partial charge in [-0.05, 0) is 36.5 Å². The van der Waals surface area contributed by atoms with E-state index in [1.165, 1.54) is 5.56 Å². The van der Waals surface area contributed by atoms with Crippen molar-refractivity contribution < 1.29 is 4.39 Å². The van der Waals surface area contributed by atoms with Crippen LogP contribution < -0.4 is 11.3 Å². The molecule has 20 heavy (non-hydrogen) atoms. The van der Waals surface area contributed by atoms with Crippen molar-refractivity contribution >= 4 is 0 Å².